The number of ketones is 1. The summed E-state index contributed by atoms with van der Waals surface area (Å²) >= 11 is 3.00. The van der Waals surface area contributed by atoms with Crippen molar-refractivity contribution in [3.05, 3.63) is 77.9 Å². The molecule has 10 heteroatoms. The van der Waals surface area contributed by atoms with Gasteiger partial charge in [-0.1, -0.05) is 91.5 Å². The summed E-state index contributed by atoms with van der Waals surface area (Å²) in [4.78, 5) is 13.1. The number of nitrogens with one attached hydrogen (secondary N) is 1. The third-order valence-electron chi connectivity index (χ3n) is 6.67. The number of aromatic nitrogens is 2. The van der Waals surface area contributed by atoms with Gasteiger partial charge in [0.05, 0.1) is 11.4 Å². The predicted molar refractivity (Wildman–Crippen MR) is 154 cm³/mol. The van der Waals surface area contributed by atoms with E-state index in [4.69, 9.17) is 0 Å². The number of carbonyl (C=O) groups is 1. The Bertz CT molecular complexity index is 1540. The van der Waals surface area contributed by atoms with Crippen LogP contribution in [0, 0.1) is 11.8 Å². The molecule has 1 aliphatic heterocycles. The molecule has 198 valence electrons. The SMILES string of the molecule is CC1CC(C)CN(S(=O)(=O)c2cccc(C(=O)CNc3nnc(SCc4cccc5ccccc45)s3)c2)C1. The highest BCUT2D eigenvalue weighted by molar-refractivity contribution is 8.00. The highest BCUT2D eigenvalue weighted by Gasteiger charge is 2.32. The molecule has 1 N–H and O–H groups in total. The molecular formula is C28H30N4O3S3. The second-order valence-electron chi connectivity index (χ2n) is 9.87. The molecule has 2 heterocycles. The Morgan fingerprint density at radius 2 is 1.76 bits per heavy atom. The summed E-state index contributed by atoms with van der Waals surface area (Å²) < 4.78 is 28.9. The van der Waals surface area contributed by atoms with Crippen LogP contribution in [0.2, 0.25) is 0 Å². The molecule has 0 saturated carbocycles. The molecule has 0 aliphatic carbocycles. The Morgan fingerprint density at radius 1 is 1.03 bits per heavy atom. The number of hydrogen-bond acceptors (Lipinski definition) is 8. The zero-order chi connectivity index (χ0) is 26.7. The fraction of sp³-hybridized carbons (Fsp3) is 0.321. The maximum Gasteiger partial charge on any atom is 0.243 e. The number of carbonyl (C=O) groups excluding carboxylic acids is 1. The average Bonchev–Trinajstić information content (AvgIpc) is 3.38. The highest BCUT2D eigenvalue weighted by Crippen LogP contribution is 2.31. The van der Waals surface area contributed by atoms with Crippen molar-refractivity contribution in [2.24, 2.45) is 11.8 Å². The van der Waals surface area contributed by atoms with E-state index < -0.39 is 10.0 Å². The summed E-state index contributed by atoms with van der Waals surface area (Å²) in [5.41, 5.74) is 1.59. The smallest absolute Gasteiger partial charge is 0.243 e. The summed E-state index contributed by atoms with van der Waals surface area (Å²) in [6, 6.07) is 20.9. The van der Waals surface area contributed by atoms with E-state index in [1.165, 1.54) is 33.7 Å². The van der Waals surface area contributed by atoms with Gasteiger partial charge in [-0.3, -0.25) is 4.79 Å². The maximum absolute atomic E-state index is 13.3. The van der Waals surface area contributed by atoms with Crippen molar-refractivity contribution >= 4 is 54.8 Å². The van der Waals surface area contributed by atoms with Crippen LogP contribution in [0.3, 0.4) is 0 Å². The average molecular weight is 567 g/mol. The molecule has 7 nitrogen and oxygen atoms in total. The van der Waals surface area contributed by atoms with Crippen molar-refractivity contribution < 1.29 is 13.2 Å². The van der Waals surface area contributed by atoms with Gasteiger partial charge in [-0.2, -0.15) is 4.31 Å². The van der Waals surface area contributed by atoms with Gasteiger partial charge in [-0.25, -0.2) is 8.42 Å². The van der Waals surface area contributed by atoms with Gasteiger partial charge in [0.15, 0.2) is 10.1 Å². The molecule has 3 aromatic carbocycles. The second kappa shape index (κ2) is 11.5. The van der Waals surface area contributed by atoms with E-state index in [0.717, 1.165) is 16.5 Å². The number of hydrogen-bond donors (Lipinski definition) is 1. The van der Waals surface area contributed by atoms with E-state index in [2.05, 4.69) is 59.7 Å². The monoisotopic (exact) mass is 566 g/mol. The summed E-state index contributed by atoms with van der Waals surface area (Å²) in [6.07, 6.45) is 1.02. The number of fused-ring (bicyclic) bond motifs is 1. The first-order chi connectivity index (χ1) is 18.3. The van der Waals surface area contributed by atoms with Gasteiger partial charge in [0, 0.05) is 24.4 Å². The minimum atomic E-state index is -3.65. The zero-order valence-electron chi connectivity index (χ0n) is 21.3. The van der Waals surface area contributed by atoms with Crippen molar-refractivity contribution in [2.45, 2.75) is 35.3 Å². The number of sulfonamides is 1. The van der Waals surface area contributed by atoms with Crippen LogP contribution >= 0.6 is 23.1 Å². The molecule has 0 bridgehead atoms. The minimum absolute atomic E-state index is 0.00388. The molecule has 1 aliphatic rings. The molecule has 0 radical (unpaired) electrons. The van der Waals surface area contributed by atoms with Crippen LogP contribution in [-0.4, -0.2) is 48.3 Å². The fourth-order valence-electron chi connectivity index (χ4n) is 4.94. The first-order valence-corrected chi connectivity index (χ1v) is 15.8. The van der Waals surface area contributed by atoms with E-state index >= 15 is 0 Å². The topological polar surface area (TPSA) is 92.3 Å². The lowest BCUT2D eigenvalue weighted by molar-refractivity contribution is 0.101. The van der Waals surface area contributed by atoms with E-state index in [0.29, 0.717) is 35.6 Å². The third-order valence-corrected chi connectivity index (χ3v) is 10.6. The van der Waals surface area contributed by atoms with Crippen LogP contribution in [0.25, 0.3) is 10.8 Å². The Labute approximate surface area is 231 Å². The van der Waals surface area contributed by atoms with Crippen LogP contribution in [-0.2, 0) is 15.8 Å². The van der Waals surface area contributed by atoms with Gasteiger partial charge in [-0.05, 0) is 46.7 Å². The van der Waals surface area contributed by atoms with Crippen molar-refractivity contribution in [3.63, 3.8) is 0 Å². The van der Waals surface area contributed by atoms with Crippen molar-refractivity contribution in [1.29, 1.82) is 0 Å². The summed E-state index contributed by atoms with van der Waals surface area (Å²) in [5.74, 6) is 1.18. The largest absolute Gasteiger partial charge is 0.353 e. The van der Waals surface area contributed by atoms with Crippen molar-refractivity contribution in [3.8, 4) is 0 Å². The first kappa shape index (κ1) is 26.8. The van der Waals surface area contributed by atoms with E-state index in [9.17, 15) is 13.2 Å². The molecule has 0 spiro atoms. The fourth-order valence-corrected chi connectivity index (χ4v) is 8.41. The van der Waals surface area contributed by atoms with Crippen molar-refractivity contribution in [2.75, 3.05) is 25.0 Å². The van der Waals surface area contributed by atoms with Crippen LogP contribution in [0.15, 0.2) is 76.0 Å². The normalized spacial score (nSPS) is 18.5. The van der Waals surface area contributed by atoms with Gasteiger partial charge in [-0.15, -0.1) is 10.2 Å². The molecular weight excluding hydrogens is 537 g/mol. The molecule has 1 fully saturated rings. The van der Waals surface area contributed by atoms with E-state index in [1.54, 1.807) is 34.3 Å². The molecule has 38 heavy (non-hydrogen) atoms. The molecule has 4 aromatic rings. The highest BCUT2D eigenvalue weighted by atomic mass is 32.2. The Hall–Kier alpha value is -2.79. The van der Waals surface area contributed by atoms with Crippen LogP contribution in [0.4, 0.5) is 5.13 Å². The van der Waals surface area contributed by atoms with Gasteiger partial charge < -0.3 is 5.32 Å². The number of nitrogens with zero attached hydrogens (tertiary/aromatic N) is 3. The Kier molecular flexibility index (Phi) is 8.13. The molecule has 2 unspecified atom stereocenters. The summed E-state index contributed by atoms with van der Waals surface area (Å²) in [7, 11) is -3.65. The quantitative estimate of drug-likeness (QED) is 0.198. The summed E-state index contributed by atoms with van der Waals surface area (Å²) in [5, 5.41) is 14.5. The van der Waals surface area contributed by atoms with Crippen LogP contribution in [0.1, 0.15) is 36.2 Å². The zero-order valence-corrected chi connectivity index (χ0v) is 23.8. The van der Waals surface area contributed by atoms with E-state index in [-0.39, 0.29) is 17.2 Å². The second-order valence-corrected chi connectivity index (χ2v) is 14.0. The number of Topliss-reactive ketones (excluding diaryl/α,β-unsaturated/α-hetero) is 1. The number of piperidine rings is 1. The standard InChI is InChI=1S/C28H30N4O3S3/c1-19-13-20(2)17-32(16-19)38(34,35)24-11-6-9-22(14-24)26(33)15-29-27-30-31-28(37-27)36-18-23-10-5-8-21-7-3-4-12-25(21)23/h3-12,14,19-20H,13,15-18H2,1-2H3,(H,29,30). The molecule has 2 atom stereocenters. The Balaban J connectivity index is 1.20. The van der Waals surface area contributed by atoms with Crippen molar-refractivity contribution in [1.82, 2.24) is 14.5 Å². The molecule has 1 aromatic heterocycles. The van der Waals surface area contributed by atoms with Crippen LogP contribution < -0.4 is 5.32 Å². The predicted octanol–water partition coefficient (Wildman–Crippen LogP) is 5.95. The molecule has 1 saturated heterocycles. The molecule has 0 amide bonds. The first-order valence-electron chi connectivity index (χ1n) is 12.6. The summed E-state index contributed by atoms with van der Waals surface area (Å²) in [6.45, 7) is 5.16. The van der Waals surface area contributed by atoms with Gasteiger partial charge in [0.25, 0.3) is 0 Å². The maximum atomic E-state index is 13.3. The number of anilines is 1. The van der Waals surface area contributed by atoms with Crippen LogP contribution in [0.5, 0.6) is 0 Å². The molecule has 5 rings (SSSR count). The lowest BCUT2D eigenvalue weighted by Crippen LogP contribution is -2.42. The van der Waals surface area contributed by atoms with Gasteiger partial charge >= 0.3 is 0 Å². The van der Waals surface area contributed by atoms with E-state index in [1.807, 2.05) is 12.1 Å². The lowest BCUT2D eigenvalue weighted by Gasteiger charge is -2.34. The minimum Gasteiger partial charge on any atom is -0.353 e. The number of benzene rings is 3. The third kappa shape index (κ3) is 6.09. The lowest BCUT2D eigenvalue weighted by atomic mass is 9.94. The Morgan fingerprint density at radius 3 is 2.58 bits per heavy atom. The number of thioether (sulfide) groups is 1. The van der Waals surface area contributed by atoms with Gasteiger partial charge in [0.2, 0.25) is 15.2 Å². The van der Waals surface area contributed by atoms with Gasteiger partial charge in [0.1, 0.15) is 0 Å². The number of rotatable bonds is 9.